The number of alkyl halides is 1. The molecule has 1 amide bonds. The van der Waals surface area contributed by atoms with E-state index in [1.807, 2.05) is 0 Å². The molecule has 80 valence electrons. The number of amides is 1. The maximum Gasteiger partial charge on any atom is 0.258 e. The number of carbonyl (C=O) groups is 2. The van der Waals surface area contributed by atoms with E-state index in [1.54, 1.807) is 30.3 Å². The average molecular weight is 272 g/mol. The maximum absolute atomic E-state index is 11.3. The molecule has 4 nitrogen and oxygen atoms in total. The molecule has 0 aliphatic carbocycles. The quantitative estimate of drug-likeness (QED) is 0.393. The first-order valence-electron chi connectivity index (χ1n) is 4.29. The zero-order valence-electron chi connectivity index (χ0n) is 7.89. The average Bonchev–Trinajstić information content (AvgIpc) is 2.29. The summed E-state index contributed by atoms with van der Waals surface area (Å²) < 4.78 is 0. The number of rotatable bonds is 4. The Morgan fingerprint density at radius 2 is 1.87 bits per heavy atom. The van der Waals surface area contributed by atoms with Gasteiger partial charge in [-0.3, -0.25) is 14.8 Å². The Kier molecular flexibility index (Phi) is 4.45. The molecule has 0 spiro atoms. The fourth-order valence-electron chi connectivity index (χ4n) is 1.00. The lowest BCUT2D eigenvalue weighted by Gasteiger charge is -2.13. The maximum atomic E-state index is 11.3. The van der Waals surface area contributed by atoms with Crippen LogP contribution in [-0.4, -0.2) is 22.2 Å². The van der Waals surface area contributed by atoms with Crippen molar-refractivity contribution >= 4 is 33.3 Å². The van der Waals surface area contributed by atoms with Gasteiger partial charge in [0.2, 0.25) is 0 Å². The number of hydroxylamine groups is 1. The fraction of sp³-hybridized carbons (Fsp3) is 0.200. The van der Waals surface area contributed by atoms with E-state index in [1.165, 1.54) is 0 Å². The molecule has 0 bridgehead atoms. The van der Waals surface area contributed by atoms with Gasteiger partial charge in [0.05, 0.1) is 17.4 Å². The molecule has 0 aliphatic heterocycles. The topological polar surface area (TPSA) is 57.6 Å². The van der Waals surface area contributed by atoms with Gasteiger partial charge in [-0.2, -0.15) is 5.06 Å². The van der Waals surface area contributed by atoms with Gasteiger partial charge in [0, 0.05) is 0 Å². The summed E-state index contributed by atoms with van der Waals surface area (Å²) in [5.41, 5.74) is 0.352. The van der Waals surface area contributed by atoms with Crippen molar-refractivity contribution in [1.82, 2.24) is 0 Å². The van der Waals surface area contributed by atoms with Crippen LogP contribution in [0.4, 0.5) is 5.69 Å². The number of ketones is 1. The van der Waals surface area contributed by atoms with Crippen LogP contribution in [0.3, 0.4) is 0 Å². The SMILES string of the molecule is O=C(CBr)CC(=O)N(O)c1ccccc1. The molecule has 0 atom stereocenters. The number of carbonyl (C=O) groups excluding carboxylic acids is 2. The first kappa shape index (κ1) is 11.9. The van der Waals surface area contributed by atoms with E-state index < -0.39 is 5.91 Å². The van der Waals surface area contributed by atoms with Crippen LogP contribution in [0.2, 0.25) is 0 Å². The Labute approximate surface area is 95.6 Å². The monoisotopic (exact) mass is 271 g/mol. The molecule has 0 heterocycles. The van der Waals surface area contributed by atoms with Crippen LogP contribution < -0.4 is 5.06 Å². The molecule has 0 aliphatic rings. The van der Waals surface area contributed by atoms with Gasteiger partial charge in [-0.25, -0.2) is 0 Å². The highest BCUT2D eigenvalue weighted by Crippen LogP contribution is 2.11. The summed E-state index contributed by atoms with van der Waals surface area (Å²) in [6.07, 6.45) is -0.309. The normalized spacial score (nSPS) is 9.73. The minimum atomic E-state index is -0.634. The molecule has 0 saturated carbocycles. The van der Waals surface area contributed by atoms with Crippen LogP contribution >= 0.6 is 15.9 Å². The number of benzene rings is 1. The molecule has 0 saturated heterocycles. The van der Waals surface area contributed by atoms with E-state index >= 15 is 0 Å². The lowest BCUT2D eigenvalue weighted by Crippen LogP contribution is -2.29. The van der Waals surface area contributed by atoms with E-state index in [-0.39, 0.29) is 17.5 Å². The Hall–Kier alpha value is -1.20. The van der Waals surface area contributed by atoms with Crippen LogP contribution in [0, 0.1) is 0 Å². The standard InChI is InChI=1S/C10H10BrNO3/c11-7-9(13)6-10(14)12(15)8-4-2-1-3-5-8/h1-5,15H,6-7H2. The van der Waals surface area contributed by atoms with E-state index in [9.17, 15) is 14.8 Å². The van der Waals surface area contributed by atoms with Crippen LogP contribution in [0.5, 0.6) is 0 Å². The Bertz CT molecular complexity index is 353. The summed E-state index contributed by atoms with van der Waals surface area (Å²) in [7, 11) is 0. The van der Waals surface area contributed by atoms with Crippen molar-refractivity contribution in [1.29, 1.82) is 0 Å². The Balaban J connectivity index is 2.65. The largest absolute Gasteiger partial charge is 0.298 e. The highest BCUT2D eigenvalue weighted by molar-refractivity contribution is 9.09. The minimum Gasteiger partial charge on any atom is -0.298 e. The second-order valence-electron chi connectivity index (χ2n) is 2.89. The molecule has 1 N–H and O–H groups in total. The lowest BCUT2D eigenvalue weighted by atomic mass is 10.2. The molecule has 1 aromatic carbocycles. The summed E-state index contributed by atoms with van der Waals surface area (Å²) in [6, 6.07) is 8.31. The van der Waals surface area contributed by atoms with Crippen molar-refractivity contribution in [2.45, 2.75) is 6.42 Å². The number of halogens is 1. The van der Waals surface area contributed by atoms with Crippen molar-refractivity contribution in [3.05, 3.63) is 30.3 Å². The molecule has 15 heavy (non-hydrogen) atoms. The first-order chi connectivity index (χ1) is 7.15. The summed E-state index contributed by atoms with van der Waals surface area (Å²) in [6.45, 7) is 0. The van der Waals surface area contributed by atoms with Crippen LogP contribution in [0.15, 0.2) is 30.3 Å². The predicted octanol–water partition coefficient (Wildman–Crippen LogP) is 1.76. The van der Waals surface area contributed by atoms with Gasteiger partial charge in [0.15, 0.2) is 5.78 Å². The summed E-state index contributed by atoms with van der Waals surface area (Å²) in [5, 5.41) is 10.0. The molecule has 5 heteroatoms. The first-order valence-corrected chi connectivity index (χ1v) is 5.42. The Morgan fingerprint density at radius 3 is 2.40 bits per heavy atom. The second kappa shape index (κ2) is 5.63. The second-order valence-corrected chi connectivity index (χ2v) is 3.45. The van der Waals surface area contributed by atoms with Crippen molar-refractivity contribution in [2.24, 2.45) is 0 Å². The third kappa shape index (κ3) is 3.45. The van der Waals surface area contributed by atoms with Crippen molar-refractivity contribution in [3.8, 4) is 0 Å². The lowest BCUT2D eigenvalue weighted by molar-refractivity contribution is -0.128. The number of hydrogen-bond donors (Lipinski definition) is 1. The van der Waals surface area contributed by atoms with Gasteiger partial charge in [0.25, 0.3) is 5.91 Å². The number of Topliss-reactive ketones (excluding diaryl/α,β-unsaturated/α-hetero) is 1. The van der Waals surface area contributed by atoms with Crippen LogP contribution in [-0.2, 0) is 9.59 Å². The van der Waals surface area contributed by atoms with Crippen molar-refractivity contribution in [2.75, 3.05) is 10.4 Å². The smallest absolute Gasteiger partial charge is 0.258 e. The molecule has 1 aromatic rings. The van der Waals surface area contributed by atoms with Gasteiger partial charge >= 0.3 is 0 Å². The highest BCUT2D eigenvalue weighted by Gasteiger charge is 2.15. The van der Waals surface area contributed by atoms with E-state index in [2.05, 4.69) is 15.9 Å². The number of nitrogens with zero attached hydrogens (tertiary/aromatic N) is 1. The fourth-order valence-corrected chi connectivity index (χ4v) is 1.20. The summed E-state index contributed by atoms with van der Waals surface area (Å²) >= 11 is 2.95. The minimum absolute atomic E-state index is 0.112. The van der Waals surface area contributed by atoms with E-state index in [0.29, 0.717) is 10.8 Å². The molecule has 0 radical (unpaired) electrons. The molecule has 0 fully saturated rings. The number of anilines is 1. The molecule has 0 aromatic heterocycles. The summed E-state index contributed by atoms with van der Waals surface area (Å²) in [4.78, 5) is 22.3. The Morgan fingerprint density at radius 1 is 1.27 bits per heavy atom. The van der Waals surface area contributed by atoms with Gasteiger partial charge in [-0.1, -0.05) is 34.1 Å². The number of hydrogen-bond acceptors (Lipinski definition) is 3. The predicted molar refractivity (Wildman–Crippen MR) is 59.1 cm³/mol. The van der Waals surface area contributed by atoms with Gasteiger partial charge in [0.1, 0.15) is 0 Å². The molecular formula is C10H10BrNO3. The van der Waals surface area contributed by atoms with Crippen LogP contribution in [0.1, 0.15) is 6.42 Å². The molecular weight excluding hydrogens is 262 g/mol. The van der Waals surface area contributed by atoms with Gasteiger partial charge in [-0.05, 0) is 12.1 Å². The van der Waals surface area contributed by atoms with Crippen molar-refractivity contribution in [3.63, 3.8) is 0 Å². The zero-order chi connectivity index (χ0) is 11.3. The summed E-state index contributed by atoms with van der Waals surface area (Å²) in [5.74, 6) is -0.902. The third-order valence-electron chi connectivity index (χ3n) is 1.73. The molecule has 1 rings (SSSR count). The number of para-hydroxylation sites is 1. The van der Waals surface area contributed by atoms with Crippen LogP contribution in [0.25, 0.3) is 0 Å². The highest BCUT2D eigenvalue weighted by atomic mass is 79.9. The third-order valence-corrected chi connectivity index (χ3v) is 2.36. The zero-order valence-corrected chi connectivity index (χ0v) is 9.48. The molecule has 0 unspecified atom stereocenters. The van der Waals surface area contributed by atoms with E-state index in [0.717, 1.165) is 0 Å². The van der Waals surface area contributed by atoms with Gasteiger partial charge in [-0.15, -0.1) is 0 Å². The van der Waals surface area contributed by atoms with Crippen molar-refractivity contribution < 1.29 is 14.8 Å². The van der Waals surface area contributed by atoms with Gasteiger partial charge < -0.3 is 0 Å². The van der Waals surface area contributed by atoms with E-state index in [4.69, 9.17) is 0 Å².